The first-order valence-electron chi connectivity index (χ1n) is 11.0. The molecule has 0 spiro atoms. The summed E-state index contributed by atoms with van der Waals surface area (Å²) in [5.41, 5.74) is 7.84. The summed E-state index contributed by atoms with van der Waals surface area (Å²) < 4.78 is 5.43. The molecule has 3 N–H and O–H groups in total. The minimum Gasteiger partial charge on any atom is -0.495 e. The van der Waals surface area contributed by atoms with Gasteiger partial charge in [-0.1, -0.05) is 19.8 Å². The largest absolute Gasteiger partial charge is 0.495 e. The number of fused-ring (bicyclic) bond motifs is 1. The Morgan fingerprint density at radius 2 is 2.00 bits per heavy atom. The molecule has 1 aliphatic carbocycles. The zero-order chi connectivity index (χ0) is 23.0. The number of nitrogens with zero attached hydrogens (tertiary/aromatic N) is 4. The van der Waals surface area contributed by atoms with Crippen LogP contribution < -0.4 is 25.6 Å². The topological polar surface area (TPSA) is 114 Å². The fourth-order valence-corrected chi connectivity index (χ4v) is 4.83. The molecule has 1 saturated carbocycles. The van der Waals surface area contributed by atoms with Crippen LogP contribution in [0.4, 0.5) is 23.1 Å². The van der Waals surface area contributed by atoms with E-state index >= 15 is 0 Å². The van der Waals surface area contributed by atoms with Gasteiger partial charge in [-0.15, -0.1) is 0 Å². The fourth-order valence-electron chi connectivity index (χ4n) is 4.83. The van der Waals surface area contributed by atoms with Crippen molar-refractivity contribution in [2.24, 2.45) is 5.73 Å². The minimum absolute atomic E-state index is 0.0861. The molecule has 1 atom stereocenters. The standard InChI is InChI=1S/C23H30N6O3/c1-5-17-22(31)28(3)19-13(2)25-23(27-21(19)29(17)15-8-6-7-9-15)26-16-11-10-14(20(24)30)12-18(16)32-4/h10-12,15,17H,5-9H2,1-4H3,(H2,24,30)(H,25,26,27). The first kappa shape index (κ1) is 21.9. The number of ether oxygens (including phenoxy) is 1. The van der Waals surface area contributed by atoms with E-state index in [0.29, 0.717) is 35.4 Å². The second-order valence-electron chi connectivity index (χ2n) is 8.38. The van der Waals surface area contributed by atoms with Crippen LogP contribution in [0.15, 0.2) is 18.2 Å². The van der Waals surface area contributed by atoms with Gasteiger partial charge in [0.2, 0.25) is 17.8 Å². The highest BCUT2D eigenvalue weighted by Crippen LogP contribution is 2.42. The van der Waals surface area contributed by atoms with Crippen LogP contribution in [-0.4, -0.2) is 48.0 Å². The highest BCUT2D eigenvalue weighted by atomic mass is 16.5. The summed E-state index contributed by atoms with van der Waals surface area (Å²) in [7, 11) is 3.32. The quantitative estimate of drug-likeness (QED) is 0.712. The van der Waals surface area contributed by atoms with E-state index in [2.05, 4.69) is 15.2 Å². The van der Waals surface area contributed by atoms with Crippen molar-refractivity contribution in [3.63, 3.8) is 0 Å². The Morgan fingerprint density at radius 1 is 1.28 bits per heavy atom. The number of nitrogens with one attached hydrogen (secondary N) is 1. The van der Waals surface area contributed by atoms with Crippen LogP contribution in [0.25, 0.3) is 0 Å². The molecule has 1 aromatic carbocycles. The van der Waals surface area contributed by atoms with Gasteiger partial charge < -0.3 is 25.6 Å². The monoisotopic (exact) mass is 438 g/mol. The van der Waals surface area contributed by atoms with E-state index in [1.165, 1.54) is 7.11 Å². The molecule has 0 radical (unpaired) electrons. The summed E-state index contributed by atoms with van der Waals surface area (Å²) in [6, 6.07) is 4.99. The number of likely N-dealkylation sites (N-methyl/N-ethyl adjacent to an activating group) is 1. The molecular formula is C23H30N6O3. The average molecular weight is 439 g/mol. The van der Waals surface area contributed by atoms with E-state index < -0.39 is 5.91 Å². The number of hydrogen-bond acceptors (Lipinski definition) is 7. The second kappa shape index (κ2) is 8.64. The van der Waals surface area contributed by atoms with Gasteiger partial charge in [-0.25, -0.2) is 4.98 Å². The van der Waals surface area contributed by atoms with Crippen molar-refractivity contribution in [1.82, 2.24) is 9.97 Å². The van der Waals surface area contributed by atoms with Gasteiger partial charge >= 0.3 is 0 Å². The second-order valence-corrected chi connectivity index (χ2v) is 8.38. The molecule has 2 heterocycles. The van der Waals surface area contributed by atoms with Crippen LogP contribution >= 0.6 is 0 Å². The van der Waals surface area contributed by atoms with Crippen molar-refractivity contribution in [2.45, 2.75) is 58.0 Å². The number of amides is 2. The Morgan fingerprint density at radius 3 is 2.62 bits per heavy atom. The Hall–Kier alpha value is -3.36. The van der Waals surface area contributed by atoms with Crippen LogP contribution in [0.3, 0.4) is 0 Å². The van der Waals surface area contributed by atoms with E-state index in [1.54, 1.807) is 30.1 Å². The van der Waals surface area contributed by atoms with Gasteiger partial charge in [-0.05, 0) is 44.4 Å². The van der Waals surface area contributed by atoms with Gasteiger partial charge in [0.25, 0.3) is 0 Å². The third kappa shape index (κ3) is 3.72. The fraction of sp³-hybridized carbons (Fsp3) is 0.478. The van der Waals surface area contributed by atoms with Gasteiger partial charge in [-0.2, -0.15) is 4.98 Å². The lowest BCUT2D eigenvalue weighted by Gasteiger charge is -2.44. The number of aromatic nitrogens is 2. The maximum atomic E-state index is 13.1. The number of aryl methyl sites for hydroxylation is 1. The van der Waals surface area contributed by atoms with Crippen molar-refractivity contribution < 1.29 is 14.3 Å². The zero-order valence-electron chi connectivity index (χ0n) is 19.0. The molecule has 0 saturated heterocycles. The van der Waals surface area contributed by atoms with Crippen LogP contribution in [0.1, 0.15) is 55.1 Å². The minimum atomic E-state index is -0.527. The molecule has 2 aromatic rings. The van der Waals surface area contributed by atoms with Crippen LogP contribution in [0.5, 0.6) is 5.75 Å². The van der Waals surface area contributed by atoms with Crippen molar-refractivity contribution in [2.75, 3.05) is 29.3 Å². The van der Waals surface area contributed by atoms with Gasteiger partial charge in [0.1, 0.15) is 17.5 Å². The van der Waals surface area contributed by atoms with Crippen molar-refractivity contribution in [3.8, 4) is 5.75 Å². The number of benzene rings is 1. The Labute approximate surface area is 188 Å². The average Bonchev–Trinajstić information content (AvgIpc) is 3.30. The van der Waals surface area contributed by atoms with E-state index in [9.17, 15) is 9.59 Å². The third-order valence-electron chi connectivity index (χ3n) is 6.41. The molecule has 170 valence electrons. The maximum absolute atomic E-state index is 13.1. The molecule has 9 heteroatoms. The molecule has 0 bridgehead atoms. The summed E-state index contributed by atoms with van der Waals surface area (Å²) in [5.74, 6) is 1.22. The van der Waals surface area contributed by atoms with Crippen LogP contribution in [-0.2, 0) is 4.79 Å². The first-order chi connectivity index (χ1) is 15.3. The van der Waals surface area contributed by atoms with E-state index in [0.717, 1.165) is 42.9 Å². The predicted octanol–water partition coefficient (Wildman–Crippen LogP) is 3.14. The Balaban J connectivity index is 1.78. The van der Waals surface area contributed by atoms with Gasteiger partial charge in [0.15, 0.2) is 5.82 Å². The highest BCUT2D eigenvalue weighted by molar-refractivity contribution is 6.05. The van der Waals surface area contributed by atoms with Gasteiger partial charge in [0, 0.05) is 18.7 Å². The molecule has 1 fully saturated rings. The zero-order valence-corrected chi connectivity index (χ0v) is 19.0. The van der Waals surface area contributed by atoms with Gasteiger partial charge in [0.05, 0.1) is 18.5 Å². The lowest BCUT2D eigenvalue weighted by atomic mass is 10.0. The third-order valence-corrected chi connectivity index (χ3v) is 6.41. The lowest BCUT2D eigenvalue weighted by Crippen LogP contribution is -2.55. The first-order valence-corrected chi connectivity index (χ1v) is 11.0. The molecule has 32 heavy (non-hydrogen) atoms. The predicted molar refractivity (Wildman–Crippen MR) is 124 cm³/mol. The Kier molecular flexibility index (Phi) is 5.90. The molecule has 2 aliphatic rings. The molecule has 1 aromatic heterocycles. The lowest BCUT2D eigenvalue weighted by molar-refractivity contribution is -0.120. The number of carbonyl (C=O) groups is 2. The Bertz CT molecular complexity index is 1050. The number of methoxy groups -OCH3 is 1. The molecule has 1 aliphatic heterocycles. The SMILES string of the molecule is CCC1C(=O)N(C)c2c(C)nc(Nc3ccc(C(N)=O)cc3OC)nc2N1C1CCCC1. The number of rotatable bonds is 6. The summed E-state index contributed by atoms with van der Waals surface area (Å²) in [6.45, 7) is 3.93. The molecule has 2 amide bonds. The number of hydrogen-bond donors (Lipinski definition) is 2. The van der Waals surface area contributed by atoms with E-state index in [1.807, 2.05) is 13.8 Å². The number of carbonyl (C=O) groups excluding carboxylic acids is 2. The number of primary amides is 1. The number of anilines is 4. The molecule has 9 nitrogen and oxygen atoms in total. The summed E-state index contributed by atoms with van der Waals surface area (Å²) in [4.78, 5) is 38.1. The molecule has 4 rings (SSSR count). The normalized spacial score (nSPS) is 18.6. The number of nitrogens with two attached hydrogens (primary N) is 1. The van der Waals surface area contributed by atoms with E-state index in [-0.39, 0.29) is 11.9 Å². The van der Waals surface area contributed by atoms with E-state index in [4.69, 9.17) is 15.5 Å². The molecular weight excluding hydrogens is 408 g/mol. The van der Waals surface area contributed by atoms with Crippen LogP contribution in [0.2, 0.25) is 0 Å². The van der Waals surface area contributed by atoms with Crippen molar-refractivity contribution >= 4 is 35.0 Å². The van der Waals surface area contributed by atoms with Crippen LogP contribution in [0, 0.1) is 6.92 Å². The van der Waals surface area contributed by atoms with Crippen molar-refractivity contribution in [3.05, 3.63) is 29.5 Å². The van der Waals surface area contributed by atoms with Gasteiger partial charge in [-0.3, -0.25) is 9.59 Å². The summed E-state index contributed by atoms with van der Waals surface area (Å²) in [6.07, 6.45) is 5.15. The highest BCUT2D eigenvalue weighted by Gasteiger charge is 2.42. The maximum Gasteiger partial charge on any atom is 0.249 e. The summed E-state index contributed by atoms with van der Waals surface area (Å²) in [5, 5.41) is 3.22. The molecule has 1 unspecified atom stereocenters. The smallest absolute Gasteiger partial charge is 0.249 e. The van der Waals surface area contributed by atoms with Crippen molar-refractivity contribution in [1.29, 1.82) is 0 Å². The summed E-state index contributed by atoms with van der Waals surface area (Å²) >= 11 is 0.